The molecule has 0 spiro atoms. The Balaban J connectivity index is 2.59. The molecule has 10 nitrogen and oxygen atoms in total. The van der Waals surface area contributed by atoms with E-state index in [1.807, 2.05) is 26.8 Å². The SMILES string of the molecule is CO[C@H]1C[C@H](C)Cc2c([NH3+])c(O)cc(c2O)NC(=O)/C(C)=C/C=C\[C@H](C)[C@@H](OC(N)=O)/C(C)=C/[C@H](C)[C@H]1O. The minimum atomic E-state index is -0.918. The molecule has 0 aromatic heterocycles. The second-order valence-corrected chi connectivity index (χ2v) is 10.2. The molecule has 0 fully saturated rings. The summed E-state index contributed by atoms with van der Waals surface area (Å²) in [6.07, 6.45) is 4.61. The Labute approximate surface area is 224 Å². The number of anilines is 1. The summed E-state index contributed by atoms with van der Waals surface area (Å²) in [6.45, 7) is 9.04. The van der Waals surface area contributed by atoms with E-state index in [1.165, 1.54) is 13.2 Å². The number of methoxy groups -OCH3 is 1. The number of ether oxygens (including phenoxy) is 2. The van der Waals surface area contributed by atoms with Crippen LogP contribution < -0.4 is 16.8 Å². The molecule has 210 valence electrons. The van der Waals surface area contributed by atoms with Crippen LogP contribution in [0.1, 0.15) is 46.6 Å². The number of rotatable bonds is 2. The van der Waals surface area contributed by atoms with Gasteiger partial charge in [-0.2, -0.15) is 0 Å². The smallest absolute Gasteiger partial charge is 0.405 e. The van der Waals surface area contributed by atoms with Crippen molar-refractivity contribution < 1.29 is 40.1 Å². The van der Waals surface area contributed by atoms with Gasteiger partial charge in [0.15, 0.2) is 11.4 Å². The van der Waals surface area contributed by atoms with Gasteiger partial charge in [0.1, 0.15) is 11.9 Å². The fourth-order valence-corrected chi connectivity index (χ4v) is 4.73. The lowest BCUT2D eigenvalue weighted by Crippen LogP contribution is -2.42. The average molecular weight is 533 g/mol. The van der Waals surface area contributed by atoms with Gasteiger partial charge in [-0.1, -0.05) is 45.1 Å². The number of amides is 2. The van der Waals surface area contributed by atoms with Crippen LogP contribution in [0.15, 0.2) is 41.5 Å². The van der Waals surface area contributed by atoms with Gasteiger partial charge in [0.2, 0.25) is 0 Å². The molecule has 2 bridgehead atoms. The minimum Gasteiger partial charge on any atom is -0.505 e. The summed E-state index contributed by atoms with van der Waals surface area (Å²) < 4.78 is 11.0. The van der Waals surface area contributed by atoms with E-state index in [2.05, 4.69) is 11.1 Å². The predicted molar refractivity (Wildman–Crippen MR) is 145 cm³/mol. The van der Waals surface area contributed by atoms with Gasteiger partial charge in [-0.05, 0) is 38.2 Å². The van der Waals surface area contributed by atoms with Crippen molar-refractivity contribution in [2.75, 3.05) is 12.4 Å². The molecule has 0 saturated heterocycles. The summed E-state index contributed by atoms with van der Waals surface area (Å²) in [4.78, 5) is 24.4. The number of carbonyl (C=O) groups is 2. The number of nitrogens with one attached hydrogen (secondary N) is 1. The predicted octanol–water partition coefficient (Wildman–Crippen LogP) is 3.05. The number of hydrogen-bond donors (Lipinski definition) is 6. The van der Waals surface area contributed by atoms with Gasteiger partial charge in [0.05, 0.1) is 23.5 Å². The fourth-order valence-electron chi connectivity index (χ4n) is 4.73. The Morgan fingerprint density at radius 1 is 1.18 bits per heavy atom. The number of aromatic hydroxyl groups is 2. The van der Waals surface area contributed by atoms with Crippen molar-refractivity contribution >= 4 is 23.4 Å². The highest BCUT2D eigenvalue weighted by atomic mass is 16.6. The van der Waals surface area contributed by atoms with E-state index in [4.69, 9.17) is 15.2 Å². The second-order valence-electron chi connectivity index (χ2n) is 10.2. The first-order valence-corrected chi connectivity index (χ1v) is 12.7. The van der Waals surface area contributed by atoms with Gasteiger partial charge in [0, 0.05) is 30.6 Å². The van der Waals surface area contributed by atoms with E-state index in [9.17, 15) is 24.9 Å². The maximum absolute atomic E-state index is 12.8. The van der Waals surface area contributed by atoms with Crippen molar-refractivity contribution in [2.45, 2.75) is 65.8 Å². The van der Waals surface area contributed by atoms with E-state index < -0.39 is 30.3 Å². The number of hydrogen-bond acceptors (Lipinski definition) is 7. The minimum absolute atomic E-state index is 0.0665. The number of carbonyl (C=O) groups excluding carboxylic acids is 2. The number of nitrogens with two attached hydrogens (primary N) is 1. The first-order chi connectivity index (χ1) is 17.8. The molecule has 1 heterocycles. The molecule has 10 heteroatoms. The molecule has 1 aliphatic heterocycles. The third kappa shape index (κ3) is 7.83. The first-order valence-electron chi connectivity index (χ1n) is 12.7. The van der Waals surface area contributed by atoms with Crippen LogP contribution in [0, 0.1) is 17.8 Å². The molecule has 1 aromatic carbocycles. The lowest BCUT2D eigenvalue weighted by atomic mass is 9.87. The Kier molecular flexibility index (Phi) is 10.9. The van der Waals surface area contributed by atoms with Crippen molar-refractivity contribution in [2.24, 2.45) is 23.5 Å². The molecule has 0 radical (unpaired) electrons. The topological polar surface area (TPSA) is 179 Å². The highest BCUT2D eigenvalue weighted by Crippen LogP contribution is 2.40. The quantitative estimate of drug-likeness (QED) is 0.192. The van der Waals surface area contributed by atoms with Crippen LogP contribution in [-0.4, -0.2) is 52.7 Å². The highest BCUT2D eigenvalue weighted by molar-refractivity contribution is 6.04. The first kappa shape index (κ1) is 30.9. The number of quaternary nitrogens is 1. The Morgan fingerprint density at radius 3 is 2.45 bits per heavy atom. The van der Waals surface area contributed by atoms with Crippen molar-refractivity contribution in [3.8, 4) is 11.5 Å². The van der Waals surface area contributed by atoms with Gasteiger partial charge in [-0.3, -0.25) is 4.79 Å². The lowest BCUT2D eigenvalue weighted by Gasteiger charge is -2.29. The molecule has 38 heavy (non-hydrogen) atoms. The number of fused-ring (bicyclic) bond motifs is 2. The maximum atomic E-state index is 12.8. The monoisotopic (exact) mass is 532 g/mol. The molecule has 2 rings (SSSR count). The Bertz CT molecular complexity index is 1110. The number of primary amides is 1. The van der Waals surface area contributed by atoms with Crippen LogP contribution in [-0.2, 0) is 20.7 Å². The molecule has 0 aliphatic carbocycles. The van der Waals surface area contributed by atoms with Crippen molar-refractivity contribution in [1.82, 2.24) is 0 Å². The molecule has 6 atom stereocenters. The lowest BCUT2D eigenvalue weighted by molar-refractivity contribution is -0.257. The van der Waals surface area contributed by atoms with Gasteiger partial charge >= 0.3 is 6.09 Å². The van der Waals surface area contributed by atoms with E-state index in [0.717, 1.165) is 0 Å². The summed E-state index contributed by atoms with van der Waals surface area (Å²) in [5.41, 5.74) is 11.0. The van der Waals surface area contributed by atoms with Crippen LogP contribution >= 0.6 is 0 Å². The van der Waals surface area contributed by atoms with Crippen molar-refractivity contribution in [1.29, 1.82) is 0 Å². The summed E-state index contributed by atoms with van der Waals surface area (Å²) in [6, 6.07) is 1.26. The van der Waals surface area contributed by atoms with Gasteiger partial charge in [0.25, 0.3) is 5.91 Å². The van der Waals surface area contributed by atoms with Gasteiger partial charge < -0.3 is 41.6 Å². The summed E-state index contributed by atoms with van der Waals surface area (Å²) in [7, 11) is 1.52. The summed E-state index contributed by atoms with van der Waals surface area (Å²) in [5.74, 6) is -1.54. The Hall–Kier alpha value is -3.34. The molecule has 2 amide bonds. The number of aliphatic hydroxyl groups is 1. The van der Waals surface area contributed by atoms with E-state index in [1.54, 1.807) is 32.1 Å². The van der Waals surface area contributed by atoms with Crippen LogP contribution in [0.3, 0.4) is 0 Å². The van der Waals surface area contributed by atoms with Gasteiger partial charge in [-0.25, -0.2) is 4.79 Å². The maximum Gasteiger partial charge on any atom is 0.405 e. The molecule has 0 saturated carbocycles. The number of allylic oxidation sites excluding steroid dienone is 2. The number of phenols is 2. The summed E-state index contributed by atoms with van der Waals surface area (Å²) >= 11 is 0. The largest absolute Gasteiger partial charge is 0.505 e. The average Bonchev–Trinajstić information content (AvgIpc) is 2.85. The zero-order valence-corrected chi connectivity index (χ0v) is 23.0. The number of aliphatic hydroxyl groups excluding tert-OH is 1. The zero-order valence-electron chi connectivity index (χ0n) is 23.0. The van der Waals surface area contributed by atoms with E-state index >= 15 is 0 Å². The van der Waals surface area contributed by atoms with E-state index in [0.29, 0.717) is 29.6 Å². The fraction of sp³-hybridized carbons (Fsp3) is 0.500. The van der Waals surface area contributed by atoms with Crippen molar-refractivity contribution in [3.05, 3.63) is 47.1 Å². The Morgan fingerprint density at radius 2 is 1.84 bits per heavy atom. The molecule has 1 aliphatic rings. The summed E-state index contributed by atoms with van der Waals surface area (Å²) in [5, 5.41) is 35.2. The normalized spacial score (nSPS) is 31.3. The molecular formula is C28H42N3O7+. The van der Waals surface area contributed by atoms with Crippen LogP contribution in [0.5, 0.6) is 11.5 Å². The van der Waals surface area contributed by atoms with Crippen molar-refractivity contribution in [3.63, 3.8) is 0 Å². The molecule has 1 aromatic rings. The van der Waals surface area contributed by atoms with Crippen LogP contribution in [0.4, 0.5) is 16.2 Å². The van der Waals surface area contributed by atoms with Crippen LogP contribution in [0.25, 0.3) is 0 Å². The molecular weight excluding hydrogens is 490 g/mol. The zero-order chi connectivity index (χ0) is 28.7. The molecule has 9 N–H and O–H groups in total. The van der Waals surface area contributed by atoms with Crippen LogP contribution in [0.2, 0.25) is 0 Å². The number of phenolic OH excluding ortho intramolecular Hbond substituents is 2. The third-order valence-corrected chi connectivity index (χ3v) is 6.97. The van der Waals surface area contributed by atoms with E-state index in [-0.39, 0.29) is 40.6 Å². The highest BCUT2D eigenvalue weighted by Gasteiger charge is 2.29. The van der Waals surface area contributed by atoms with Gasteiger partial charge in [-0.15, -0.1) is 0 Å². The second kappa shape index (κ2) is 13.5. The standard InChI is InChI=1S/C28H41N3O7/c1-14-10-19-23(29)21(32)13-20(25(19)34)31-27(35)16(3)9-7-8-15(2)26(38-28(30)36)18(5)12-17(4)24(33)22(11-14)37-6/h7-9,12-15,17,22,24,26,32-34H,10-11,29H2,1-6H3,(H2,30,36)(H,31,35)/p+1/b8-7-,16-9+,18-12+/t14-,15+,17+,22+,24-,26-/m1/s1. The third-order valence-electron chi connectivity index (χ3n) is 6.97. The number of benzene rings is 1. The molecule has 0 unspecified atom stereocenters.